The monoisotopic (exact) mass is 278 g/mol. The van der Waals surface area contributed by atoms with Crippen molar-refractivity contribution in [3.63, 3.8) is 0 Å². The van der Waals surface area contributed by atoms with Crippen molar-refractivity contribution < 1.29 is 4.79 Å². The van der Waals surface area contributed by atoms with Crippen LogP contribution in [0.4, 0.5) is 0 Å². The Hall–Kier alpha value is -2.95. The van der Waals surface area contributed by atoms with E-state index in [1.807, 2.05) is 43.3 Å². The van der Waals surface area contributed by atoms with E-state index in [0.717, 1.165) is 22.0 Å². The number of H-pyrrole nitrogens is 1. The topological polar surface area (TPSA) is 70.1 Å². The Labute approximate surface area is 121 Å². The Bertz CT molecular complexity index is 806. The van der Waals surface area contributed by atoms with Crippen molar-refractivity contribution in [2.75, 3.05) is 0 Å². The first-order chi connectivity index (χ1) is 10.2. The van der Waals surface area contributed by atoms with Crippen molar-refractivity contribution in [3.05, 3.63) is 65.6 Å². The number of hydrogen-bond donors (Lipinski definition) is 2. The number of nitrogens with one attached hydrogen (secondary N) is 2. The molecule has 5 nitrogen and oxygen atoms in total. The van der Waals surface area contributed by atoms with Gasteiger partial charge in [0.05, 0.1) is 6.21 Å². The van der Waals surface area contributed by atoms with Crippen LogP contribution in [0, 0.1) is 6.92 Å². The molecule has 2 heterocycles. The minimum absolute atomic E-state index is 0.272. The van der Waals surface area contributed by atoms with Crippen molar-refractivity contribution in [1.29, 1.82) is 0 Å². The van der Waals surface area contributed by atoms with Gasteiger partial charge in [-0.15, -0.1) is 0 Å². The van der Waals surface area contributed by atoms with Gasteiger partial charge in [-0.2, -0.15) is 5.10 Å². The predicted octanol–water partition coefficient (Wildman–Crippen LogP) is 2.64. The van der Waals surface area contributed by atoms with Gasteiger partial charge in [-0.1, -0.05) is 24.3 Å². The van der Waals surface area contributed by atoms with Gasteiger partial charge >= 0.3 is 0 Å². The molecule has 0 aliphatic heterocycles. The molecule has 2 N–H and O–H groups in total. The van der Waals surface area contributed by atoms with Crippen LogP contribution in [0.15, 0.2) is 53.9 Å². The number of benzene rings is 1. The molecule has 0 radical (unpaired) electrons. The number of para-hydroxylation sites is 1. The lowest BCUT2D eigenvalue weighted by molar-refractivity contribution is 0.0951. The largest absolute Gasteiger partial charge is 0.350 e. The SMILES string of the molecule is Cc1cccc2cc(C(=O)N/N=C\c3cccnc3)[nH]c12. The second-order valence-electron chi connectivity index (χ2n) is 4.71. The molecule has 0 saturated heterocycles. The van der Waals surface area contributed by atoms with Crippen LogP contribution in [0.5, 0.6) is 0 Å². The molecule has 0 unspecified atom stereocenters. The highest BCUT2D eigenvalue weighted by atomic mass is 16.2. The van der Waals surface area contributed by atoms with Crippen LogP contribution in [-0.2, 0) is 0 Å². The number of nitrogens with zero attached hydrogens (tertiary/aromatic N) is 2. The molecule has 3 aromatic rings. The number of aromatic nitrogens is 2. The van der Waals surface area contributed by atoms with Crippen LogP contribution in [-0.4, -0.2) is 22.1 Å². The van der Waals surface area contributed by atoms with Gasteiger partial charge in [0, 0.05) is 28.9 Å². The average molecular weight is 278 g/mol. The number of hydrogen-bond acceptors (Lipinski definition) is 3. The number of carbonyl (C=O) groups is 1. The highest BCUT2D eigenvalue weighted by Crippen LogP contribution is 2.18. The lowest BCUT2D eigenvalue weighted by Gasteiger charge is -1.96. The third-order valence-corrected chi connectivity index (χ3v) is 3.17. The minimum Gasteiger partial charge on any atom is -0.350 e. The number of amides is 1. The zero-order valence-corrected chi connectivity index (χ0v) is 11.5. The summed E-state index contributed by atoms with van der Waals surface area (Å²) in [5, 5.41) is 4.94. The van der Waals surface area contributed by atoms with E-state index < -0.39 is 0 Å². The van der Waals surface area contributed by atoms with E-state index in [-0.39, 0.29) is 5.91 Å². The number of pyridine rings is 1. The fourth-order valence-corrected chi connectivity index (χ4v) is 2.11. The maximum absolute atomic E-state index is 12.0. The van der Waals surface area contributed by atoms with Gasteiger partial charge in [0.1, 0.15) is 5.69 Å². The maximum atomic E-state index is 12.0. The van der Waals surface area contributed by atoms with Crippen LogP contribution < -0.4 is 5.43 Å². The molecule has 0 fully saturated rings. The average Bonchev–Trinajstić information content (AvgIpc) is 2.94. The second-order valence-corrected chi connectivity index (χ2v) is 4.71. The number of fused-ring (bicyclic) bond motifs is 1. The van der Waals surface area contributed by atoms with Crippen LogP contribution in [0.2, 0.25) is 0 Å². The third-order valence-electron chi connectivity index (χ3n) is 3.17. The molecule has 0 atom stereocenters. The van der Waals surface area contributed by atoms with E-state index in [9.17, 15) is 4.79 Å². The molecule has 0 bridgehead atoms. The molecule has 1 amide bonds. The normalized spacial score (nSPS) is 11.1. The molecule has 0 aliphatic rings. The number of hydrazone groups is 1. The summed E-state index contributed by atoms with van der Waals surface area (Å²) in [6, 6.07) is 11.4. The molecule has 5 heteroatoms. The van der Waals surface area contributed by atoms with E-state index in [1.54, 1.807) is 18.6 Å². The Morgan fingerprint density at radius 3 is 3.00 bits per heavy atom. The maximum Gasteiger partial charge on any atom is 0.287 e. The number of rotatable bonds is 3. The van der Waals surface area contributed by atoms with Gasteiger partial charge in [0.25, 0.3) is 5.91 Å². The molecule has 0 aliphatic carbocycles. The quantitative estimate of drug-likeness (QED) is 0.571. The van der Waals surface area contributed by atoms with Gasteiger partial charge in [-0.25, -0.2) is 5.43 Å². The fraction of sp³-hybridized carbons (Fsp3) is 0.0625. The summed E-state index contributed by atoms with van der Waals surface area (Å²) < 4.78 is 0. The second kappa shape index (κ2) is 5.58. The Morgan fingerprint density at radius 1 is 1.33 bits per heavy atom. The molecule has 0 spiro atoms. The van der Waals surface area contributed by atoms with Crippen LogP contribution in [0.1, 0.15) is 21.6 Å². The number of aromatic amines is 1. The third kappa shape index (κ3) is 2.81. The van der Waals surface area contributed by atoms with E-state index >= 15 is 0 Å². The van der Waals surface area contributed by atoms with Crippen molar-refractivity contribution >= 4 is 23.0 Å². The van der Waals surface area contributed by atoms with E-state index in [1.165, 1.54) is 0 Å². The summed E-state index contributed by atoms with van der Waals surface area (Å²) in [5.41, 5.74) is 5.89. The molecule has 0 saturated carbocycles. The molecular weight excluding hydrogens is 264 g/mol. The highest BCUT2D eigenvalue weighted by molar-refractivity contribution is 5.99. The molecule has 21 heavy (non-hydrogen) atoms. The molecular formula is C16H14N4O. The molecule has 104 valence electrons. The van der Waals surface area contributed by atoms with Gasteiger partial charge in [-0.3, -0.25) is 9.78 Å². The number of aryl methyl sites for hydroxylation is 1. The Kier molecular flexibility index (Phi) is 3.47. The van der Waals surface area contributed by atoms with Gasteiger partial charge in [0.2, 0.25) is 0 Å². The lowest BCUT2D eigenvalue weighted by atomic mass is 10.2. The van der Waals surface area contributed by atoms with Gasteiger partial charge < -0.3 is 4.98 Å². The van der Waals surface area contributed by atoms with Gasteiger partial charge in [-0.05, 0) is 24.6 Å². The lowest BCUT2D eigenvalue weighted by Crippen LogP contribution is -2.17. The van der Waals surface area contributed by atoms with E-state index in [0.29, 0.717) is 5.69 Å². The van der Waals surface area contributed by atoms with Gasteiger partial charge in [0.15, 0.2) is 0 Å². The summed E-state index contributed by atoms with van der Waals surface area (Å²) in [4.78, 5) is 19.1. The van der Waals surface area contributed by atoms with Crippen molar-refractivity contribution in [2.24, 2.45) is 5.10 Å². The smallest absolute Gasteiger partial charge is 0.287 e. The minimum atomic E-state index is -0.272. The summed E-state index contributed by atoms with van der Waals surface area (Å²) >= 11 is 0. The summed E-state index contributed by atoms with van der Waals surface area (Å²) in [6.07, 6.45) is 4.91. The fourth-order valence-electron chi connectivity index (χ4n) is 2.11. The molecule has 2 aromatic heterocycles. The van der Waals surface area contributed by atoms with E-state index in [4.69, 9.17) is 0 Å². The highest BCUT2D eigenvalue weighted by Gasteiger charge is 2.09. The zero-order valence-electron chi connectivity index (χ0n) is 11.5. The Balaban J connectivity index is 1.75. The molecule has 1 aromatic carbocycles. The first-order valence-corrected chi connectivity index (χ1v) is 6.56. The van der Waals surface area contributed by atoms with Crippen molar-refractivity contribution in [2.45, 2.75) is 6.92 Å². The standard InChI is InChI=1S/C16H14N4O/c1-11-4-2-6-13-8-14(19-15(11)13)16(21)20-18-10-12-5-3-7-17-9-12/h2-10,19H,1H3,(H,20,21)/b18-10-. The first kappa shape index (κ1) is 13.1. The van der Waals surface area contributed by atoms with Crippen molar-refractivity contribution in [1.82, 2.24) is 15.4 Å². The zero-order chi connectivity index (χ0) is 14.7. The predicted molar refractivity (Wildman–Crippen MR) is 82.3 cm³/mol. The van der Waals surface area contributed by atoms with Crippen molar-refractivity contribution in [3.8, 4) is 0 Å². The van der Waals surface area contributed by atoms with E-state index in [2.05, 4.69) is 20.5 Å². The Morgan fingerprint density at radius 2 is 2.24 bits per heavy atom. The van der Waals surface area contributed by atoms with Crippen LogP contribution in [0.3, 0.4) is 0 Å². The summed E-state index contributed by atoms with van der Waals surface area (Å²) in [6.45, 7) is 2.00. The summed E-state index contributed by atoms with van der Waals surface area (Å²) in [7, 11) is 0. The number of carbonyl (C=O) groups excluding carboxylic acids is 1. The summed E-state index contributed by atoms with van der Waals surface area (Å²) in [5.74, 6) is -0.272. The molecule has 3 rings (SSSR count). The van der Waals surface area contributed by atoms with Crippen LogP contribution >= 0.6 is 0 Å². The first-order valence-electron chi connectivity index (χ1n) is 6.56. The van der Waals surface area contributed by atoms with Crippen LogP contribution in [0.25, 0.3) is 10.9 Å².